The van der Waals surface area contributed by atoms with Gasteiger partial charge in [-0.25, -0.2) is 0 Å². The van der Waals surface area contributed by atoms with Gasteiger partial charge in [0, 0.05) is 19.5 Å². The van der Waals surface area contributed by atoms with Gasteiger partial charge >= 0.3 is 0 Å². The normalized spacial score (nSPS) is 19.3. The zero-order valence-corrected chi connectivity index (χ0v) is 8.12. The molecule has 0 aromatic heterocycles. The van der Waals surface area contributed by atoms with Crippen LogP contribution >= 0.6 is 0 Å². The fourth-order valence-electron chi connectivity index (χ4n) is 1.45. The Morgan fingerprint density at radius 1 is 1.62 bits per heavy atom. The summed E-state index contributed by atoms with van der Waals surface area (Å²) < 4.78 is 0. The largest absolute Gasteiger partial charge is 0.388 e. The molecule has 4 heteroatoms. The van der Waals surface area contributed by atoms with Gasteiger partial charge in [-0.05, 0) is 19.8 Å². The predicted octanol–water partition coefficient (Wildman–Crippen LogP) is 0.376. The van der Waals surface area contributed by atoms with E-state index in [-0.39, 0.29) is 5.91 Å². The maximum atomic E-state index is 11.3. The van der Waals surface area contributed by atoms with Crippen molar-refractivity contribution in [3.8, 4) is 0 Å². The summed E-state index contributed by atoms with van der Waals surface area (Å²) >= 11 is 0. The van der Waals surface area contributed by atoms with E-state index in [1.54, 1.807) is 6.92 Å². The molecule has 13 heavy (non-hydrogen) atoms. The molecule has 1 saturated heterocycles. The Balaban J connectivity index is 2.27. The zero-order chi connectivity index (χ0) is 9.68. The Kier molecular flexibility index (Phi) is 3.73. The summed E-state index contributed by atoms with van der Waals surface area (Å²) in [5.74, 6) is 0.848. The van der Waals surface area contributed by atoms with Gasteiger partial charge in [-0.1, -0.05) is 0 Å². The van der Waals surface area contributed by atoms with Crippen LogP contribution in [0.4, 0.5) is 0 Å². The number of nitrogens with zero attached hydrogens (tertiary/aromatic N) is 2. The summed E-state index contributed by atoms with van der Waals surface area (Å²) in [6.45, 7) is 4.00. The molecular weight excluding hydrogens is 166 g/mol. The average Bonchev–Trinajstić information content (AvgIpc) is 2.08. The Hall–Kier alpha value is -1.06. The summed E-state index contributed by atoms with van der Waals surface area (Å²) in [5.41, 5.74) is 5.39. The lowest BCUT2D eigenvalue weighted by Gasteiger charge is -2.25. The lowest BCUT2D eigenvalue weighted by atomic mass is 10.1. The summed E-state index contributed by atoms with van der Waals surface area (Å²) in [6.07, 6.45) is 2.86. The molecule has 0 bridgehead atoms. The van der Waals surface area contributed by atoms with Crippen LogP contribution in [0.2, 0.25) is 0 Å². The Labute approximate surface area is 78.8 Å². The molecule has 0 aliphatic carbocycles. The summed E-state index contributed by atoms with van der Waals surface area (Å²) in [6, 6.07) is 0. The first-order valence-corrected chi connectivity index (χ1v) is 4.74. The van der Waals surface area contributed by atoms with Crippen molar-refractivity contribution < 1.29 is 4.79 Å². The number of aliphatic imine (C=N–C) groups is 1. The van der Waals surface area contributed by atoms with Crippen LogP contribution in [0.25, 0.3) is 0 Å². The highest BCUT2D eigenvalue weighted by Gasteiger charge is 2.16. The van der Waals surface area contributed by atoms with Crippen molar-refractivity contribution in [3.63, 3.8) is 0 Å². The van der Waals surface area contributed by atoms with Crippen LogP contribution in [0, 0.1) is 0 Å². The molecule has 1 fully saturated rings. The van der Waals surface area contributed by atoms with Crippen molar-refractivity contribution in [1.29, 1.82) is 0 Å². The molecule has 0 saturated carbocycles. The minimum atomic E-state index is 0.260. The Morgan fingerprint density at radius 3 is 3.00 bits per heavy atom. The van der Waals surface area contributed by atoms with E-state index in [9.17, 15) is 4.79 Å². The molecule has 0 unspecified atom stereocenters. The highest BCUT2D eigenvalue weighted by atomic mass is 16.2. The first kappa shape index (κ1) is 10.0. The molecule has 1 aliphatic heterocycles. The van der Waals surface area contributed by atoms with Crippen LogP contribution in [0.5, 0.6) is 0 Å². The van der Waals surface area contributed by atoms with Crippen molar-refractivity contribution >= 4 is 11.7 Å². The minimum absolute atomic E-state index is 0.260. The van der Waals surface area contributed by atoms with Gasteiger partial charge in [-0.3, -0.25) is 9.79 Å². The van der Waals surface area contributed by atoms with E-state index >= 15 is 0 Å². The number of piperidine rings is 1. The Bertz CT molecular complexity index is 209. The monoisotopic (exact) mass is 183 g/mol. The van der Waals surface area contributed by atoms with Crippen molar-refractivity contribution in [3.05, 3.63) is 0 Å². The van der Waals surface area contributed by atoms with E-state index in [0.717, 1.165) is 19.4 Å². The summed E-state index contributed by atoms with van der Waals surface area (Å²) in [7, 11) is 0. The molecular formula is C9H17N3O. The second-order valence-corrected chi connectivity index (χ2v) is 3.36. The van der Waals surface area contributed by atoms with Gasteiger partial charge in [0.25, 0.3) is 0 Å². The third-order valence-corrected chi connectivity index (χ3v) is 2.15. The van der Waals surface area contributed by atoms with Crippen molar-refractivity contribution in [2.45, 2.75) is 26.2 Å². The highest BCUT2D eigenvalue weighted by molar-refractivity contribution is 5.78. The average molecular weight is 183 g/mol. The first-order chi connectivity index (χ1) is 6.20. The lowest BCUT2D eigenvalue weighted by Crippen LogP contribution is -2.37. The molecule has 0 radical (unpaired) electrons. The number of hydrogen-bond donors (Lipinski definition) is 1. The van der Waals surface area contributed by atoms with Gasteiger partial charge in [0.05, 0.1) is 12.4 Å². The molecule has 0 atom stereocenters. The second-order valence-electron chi connectivity index (χ2n) is 3.36. The van der Waals surface area contributed by atoms with Gasteiger partial charge in [-0.2, -0.15) is 0 Å². The Morgan fingerprint density at radius 2 is 2.38 bits per heavy atom. The molecule has 1 rings (SSSR count). The molecule has 0 aromatic rings. The molecule has 74 valence electrons. The van der Waals surface area contributed by atoms with E-state index < -0.39 is 0 Å². The van der Waals surface area contributed by atoms with Crippen molar-refractivity contribution in [2.24, 2.45) is 10.7 Å². The number of carbonyl (C=O) groups excluding carboxylic acids is 1. The summed E-state index contributed by atoms with van der Waals surface area (Å²) in [4.78, 5) is 17.2. The van der Waals surface area contributed by atoms with Gasteiger partial charge in [0.2, 0.25) is 5.91 Å². The lowest BCUT2D eigenvalue weighted by molar-refractivity contribution is -0.133. The van der Waals surface area contributed by atoms with Crippen molar-refractivity contribution in [1.82, 2.24) is 4.90 Å². The number of rotatable bonds is 3. The number of nitrogens with two attached hydrogens (primary N) is 1. The number of hydrogen-bond acceptors (Lipinski definition) is 2. The number of amidine groups is 1. The quantitative estimate of drug-likeness (QED) is 0.508. The molecule has 0 spiro atoms. The smallest absolute Gasteiger partial charge is 0.222 e. The van der Waals surface area contributed by atoms with Crippen LogP contribution in [0.15, 0.2) is 4.99 Å². The molecule has 0 aromatic carbocycles. The minimum Gasteiger partial charge on any atom is -0.388 e. The topological polar surface area (TPSA) is 58.7 Å². The number of amides is 1. The maximum absolute atomic E-state index is 11.3. The van der Waals surface area contributed by atoms with E-state index in [1.165, 1.54) is 0 Å². The maximum Gasteiger partial charge on any atom is 0.222 e. The predicted molar refractivity (Wildman–Crippen MR) is 52.6 cm³/mol. The molecule has 1 heterocycles. The van der Waals surface area contributed by atoms with Gasteiger partial charge in [0.1, 0.15) is 0 Å². The fourth-order valence-corrected chi connectivity index (χ4v) is 1.45. The zero-order valence-electron chi connectivity index (χ0n) is 8.12. The molecule has 1 aliphatic rings. The van der Waals surface area contributed by atoms with E-state index in [2.05, 4.69) is 4.99 Å². The van der Waals surface area contributed by atoms with E-state index in [4.69, 9.17) is 5.73 Å². The third-order valence-electron chi connectivity index (χ3n) is 2.15. The second kappa shape index (κ2) is 4.84. The van der Waals surface area contributed by atoms with E-state index in [0.29, 0.717) is 25.3 Å². The fraction of sp³-hybridized carbons (Fsp3) is 0.778. The van der Waals surface area contributed by atoms with Crippen LogP contribution < -0.4 is 5.73 Å². The molecule has 4 nitrogen and oxygen atoms in total. The highest BCUT2D eigenvalue weighted by Crippen LogP contribution is 2.09. The molecule has 2 N–H and O–H groups in total. The number of likely N-dealkylation sites (tertiary alicyclic amines) is 1. The standard InChI is InChI=1S/C9H17N3O/c1-8(10)11-5-7-12-6-3-2-4-9(12)13/h2-7H2,1H3,(H2,10,11). The SMILES string of the molecule is CC(N)=NCCN1CCCCC1=O. The van der Waals surface area contributed by atoms with Crippen LogP contribution in [0.3, 0.4) is 0 Å². The summed E-state index contributed by atoms with van der Waals surface area (Å²) in [5, 5.41) is 0. The van der Waals surface area contributed by atoms with Crippen LogP contribution in [-0.2, 0) is 4.79 Å². The molecule has 1 amide bonds. The first-order valence-electron chi connectivity index (χ1n) is 4.74. The van der Waals surface area contributed by atoms with Gasteiger partial charge in [-0.15, -0.1) is 0 Å². The van der Waals surface area contributed by atoms with Crippen molar-refractivity contribution in [2.75, 3.05) is 19.6 Å². The third kappa shape index (κ3) is 3.44. The van der Waals surface area contributed by atoms with Gasteiger partial charge in [0.15, 0.2) is 0 Å². The van der Waals surface area contributed by atoms with Crippen LogP contribution in [-0.4, -0.2) is 36.3 Å². The number of carbonyl (C=O) groups is 1. The van der Waals surface area contributed by atoms with Gasteiger partial charge < -0.3 is 10.6 Å². The van der Waals surface area contributed by atoms with E-state index in [1.807, 2.05) is 4.90 Å². The van der Waals surface area contributed by atoms with Crippen LogP contribution in [0.1, 0.15) is 26.2 Å².